The number of esters is 1. The highest BCUT2D eigenvalue weighted by Crippen LogP contribution is 2.24. The van der Waals surface area contributed by atoms with Gasteiger partial charge in [-0.25, -0.2) is 9.78 Å². The third-order valence-electron chi connectivity index (χ3n) is 1.88. The SMILES string of the molecule is CCOC(=O)c1nc(NC)sc1C(=O)CC. The summed E-state index contributed by atoms with van der Waals surface area (Å²) >= 11 is 1.17. The number of nitrogens with one attached hydrogen (secondary N) is 1. The number of thiazole rings is 1. The Kier molecular flexibility index (Phi) is 4.42. The van der Waals surface area contributed by atoms with Crippen molar-refractivity contribution in [2.45, 2.75) is 20.3 Å². The average molecular weight is 242 g/mol. The highest BCUT2D eigenvalue weighted by molar-refractivity contribution is 7.17. The molecule has 0 unspecified atom stereocenters. The first-order valence-electron chi connectivity index (χ1n) is 5.02. The number of ketones is 1. The fourth-order valence-electron chi connectivity index (χ4n) is 1.11. The van der Waals surface area contributed by atoms with E-state index < -0.39 is 5.97 Å². The van der Waals surface area contributed by atoms with E-state index in [0.29, 0.717) is 16.4 Å². The second kappa shape index (κ2) is 5.60. The molecule has 0 aliphatic rings. The molecule has 0 fully saturated rings. The summed E-state index contributed by atoms with van der Waals surface area (Å²) in [4.78, 5) is 27.6. The molecular weight excluding hydrogens is 228 g/mol. The van der Waals surface area contributed by atoms with Crippen LogP contribution in [0.3, 0.4) is 0 Å². The topological polar surface area (TPSA) is 68.3 Å². The summed E-state index contributed by atoms with van der Waals surface area (Å²) in [5, 5.41) is 3.35. The van der Waals surface area contributed by atoms with E-state index in [1.165, 1.54) is 11.3 Å². The van der Waals surface area contributed by atoms with Crippen LogP contribution in [-0.2, 0) is 4.74 Å². The van der Waals surface area contributed by atoms with Gasteiger partial charge in [-0.3, -0.25) is 4.79 Å². The summed E-state index contributed by atoms with van der Waals surface area (Å²) < 4.78 is 4.85. The van der Waals surface area contributed by atoms with Crippen LogP contribution in [0, 0.1) is 0 Å². The van der Waals surface area contributed by atoms with Gasteiger partial charge < -0.3 is 10.1 Å². The fourth-order valence-corrected chi connectivity index (χ4v) is 2.03. The van der Waals surface area contributed by atoms with Gasteiger partial charge in [0.15, 0.2) is 16.6 Å². The first kappa shape index (κ1) is 12.6. The Labute approximate surface area is 97.8 Å². The third kappa shape index (κ3) is 2.57. The van der Waals surface area contributed by atoms with Crippen molar-refractivity contribution in [3.8, 4) is 0 Å². The smallest absolute Gasteiger partial charge is 0.358 e. The highest BCUT2D eigenvalue weighted by Gasteiger charge is 2.22. The predicted molar refractivity (Wildman–Crippen MR) is 62.2 cm³/mol. The normalized spacial score (nSPS) is 9.94. The number of carbonyl (C=O) groups excluding carboxylic acids is 2. The number of anilines is 1. The van der Waals surface area contributed by atoms with Crippen LogP contribution in [0.2, 0.25) is 0 Å². The standard InChI is InChI=1S/C10H14N2O3S/c1-4-6(13)8-7(9(14)15-5-2)12-10(11-3)16-8/h4-5H2,1-3H3,(H,11,12). The Hall–Kier alpha value is -1.43. The Morgan fingerprint density at radius 1 is 1.44 bits per heavy atom. The van der Waals surface area contributed by atoms with E-state index in [2.05, 4.69) is 10.3 Å². The molecule has 0 radical (unpaired) electrons. The lowest BCUT2D eigenvalue weighted by Gasteiger charge is -1.99. The molecule has 0 atom stereocenters. The molecule has 1 aromatic rings. The summed E-state index contributed by atoms with van der Waals surface area (Å²) in [7, 11) is 1.69. The number of rotatable bonds is 5. The Morgan fingerprint density at radius 3 is 2.62 bits per heavy atom. The molecule has 0 amide bonds. The van der Waals surface area contributed by atoms with Gasteiger partial charge in [0.1, 0.15) is 4.88 Å². The van der Waals surface area contributed by atoms with E-state index in [9.17, 15) is 9.59 Å². The average Bonchev–Trinajstić information content (AvgIpc) is 2.72. The van der Waals surface area contributed by atoms with Crippen molar-refractivity contribution in [2.75, 3.05) is 19.0 Å². The molecule has 5 nitrogen and oxygen atoms in total. The Morgan fingerprint density at radius 2 is 2.12 bits per heavy atom. The molecule has 0 aromatic carbocycles. The van der Waals surface area contributed by atoms with Gasteiger partial charge in [-0.05, 0) is 6.92 Å². The van der Waals surface area contributed by atoms with Gasteiger partial charge in [0.05, 0.1) is 6.61 Å². The van der Waals surface area contributed by atoms with Crippen molar-refractivity contribution in [3.05, 3.63) is 10.6 Å². The molecule has 0 bridgehead atoms. The van der Waals surface area contributed by atoms with Crippen molar-refractivity contribution in [1.82, 2.24) is 4.98 Å². The van der Waals surface area contributed by atoms with Gasteiger partial charge in [-0.15, -0.1) is 0 Å². The van der Waals surface area contributed by atoms with E-state index >= 15 is 0 Å². The largest absolute Gasteiger partial charge is 0.461 e. The summed E-state index contributed by atoms with van der Waals surface area (Å²) in [6.45, 7) is 3.73. The minimum atomic E-state index is -0.544. The number of nitrogens with zero attached hydrogens (tertiary/aromatic N) is 1. The Balaban J connectivity index is 3.09. The molecule has 0 saturated heterocycles. The van der Waals surface area contributed by atoms with Gasteiger partial charge in [0.2, 0.25) is 0 Å². The first-order valence-corrected chi connectivity index (χ1v) is 5.84. The second-order valence-corrected chi connectivity index (χ2v) is 3.94. The number of carbonyl (C=O) groups is 2. The van der Waals surface area contributed by atoms with E-state index in [0.717, 1.165) is 0 Å². The van der Waals surface area contributed by atoms with E-state index in [1.54, 1.807) is 20.9 Å². The van der Waals surface area contributed by atoms with Crippen LogP contribution in [0.25, 0.3) is 0 Å². The zero-order valence-electron chi connectivity index (χ0n) is 9.49. The lowest BCUT2D eigenvalue weighted by Crippen LogP contribution is -2.10. The molecule has 1 rings (SSSR count). The summed E-state index contributed by atoms with van der Waals surface area (Å²) in [5.74, 6) is -0.640. The van der Waals surface area contributed by atoms with Gasteiger partial charge in [0, 0.05) is 13.5 Å². The second-order valence-electron chi connectivity index (χ2n) is 2.94. The number of hydrogen-bond donors (Lipinski definition) is 1. The number of hydrogen-bond acceptors (Lipinski definition) is 6. The number of aromatic nitrogens is 1. The van der Waals surface area contributed by atoms with Crippen LogP contribution in [0.15, 0.2) is 0 Å². The quantitative estimate of drug-likeness (QED) is 0.631. The molecule has 1 heterocycles. The zero-order valence-corrected chi connectivity index (χ0v) is 10.3. The van der Waals surface area contributed by atoms with Crippen LogP contribution < -0.4 is 5.32 Å². The third-order valence-corrected chi connectivity index (χ3v) is 3.00. The highest BCUT2D eigenvalue weighted by atomic mass is 32.1. The van der Waals surface area contributed by atoms with Crippen LogP contribution in [0.4, 0.5) is 5.13 Å². The molecule has 88 valence electrons. The molecule has 16 heavy (non-hydrogen) atoms. The van der Waals surface area contributed by atoms with E-state index in [1.807, 2.05) is 0 Å². The van der Waals surface area contributed by atoms with Crippen molar-refractivity contribution in [2.24, 2.45) is 0 Å². The predicted octanol–water partition coefficient (Wildman–Crippen LogP) is 1.95. The molecule has 0 aliphatic heterocycles. The molecule has 1 aromatic heterocycles. The first-order chi connectivity index (χ1) is 7.63. The maximum Gasteiger partial charge on any atom is 0.358 e. The molecule has 6 heteroatoms. The fraction of sp³-hybridized carbons (Fsp3) is 0.500. The zero-order chi connectivity index (χ0) is 12.1. The summed E-state index contributed by atoms with van der Waals surface area (Å²) in [6, 6.07) is 0. The molecule has 1 N–H and O–H groups in total. The minimum Gasteiger partial charge on any atom is -0.461 e. The number of Topliss-reactive ketones (excluding diaryl/α,β-unsaturated/α-hetero) is 1. The van der Waals surface area contributed by atoms with Gasteiger partial charge in [0.25, 0.3) is 0 Å². The molecule has 0 saturated carbocycles. The van der Waals surface area contributed by atoms with Crippen LogP contribution in [0.5, 0.6) is 0 Å². The lowest BCUT2D eigenvalue weighted by atomic mass is 10.2. The number of ether oxygens (including phenoxy) is 1. The Bertz CT molecular complexity index is 401. The molecule has 0 aliphatic carbocycles. The molecular formula is C10H14N2O3S. The van der Waals surface area contributed by atoms with E-state index in [-0.39, 0.29) is 18.1 Å². The van der Waals surface area contributed by atoms with Crippen molar-refractivity contribution < 1.29 is 14.3 Å². The van der Waals surface area contributed by atoms with Crippen LogP contribution >= 0.6 is 11.3 Å². The lowest BCUT2D eigenvalue weighted by molar-refractivity contribution is 0.0517. The monoisotopic (exact) mass is 242 g/mol. The van der Waals surface area contributed by atoms with Gasteiger partial charge in [-0.1, -0.05) is 18.3 Å². The van der Waals surface area contributed by atoms with Crippen LogP contribution in [0.1, 0.15) is 40.4 Å². The minimum absolute atomic E-state index is 0.0953. The van der Waals surface area contributed by atoms with E-state index in [4.69, 9.17) is 4.74 Å². The summed E-state index contributed by atoms with van der Waals surface area (Å²) in [6.07, 6.45) is 0.345. The maximum atomic E-state index is 11.6. The van der Waals surface area contributed by atoms with Crippen molar-refractivity contribution in [3.63, 3.8) is 0 Å². The maximum absolute atomic E-state index is 11.6. The van der Waals surface area contributed by atoms with Gasteiger partial charge in [-0.2, -0.15) is 0 Å². The summed E-state index contributed by atoms with van der Waals surface area (Å²) in [5.41, 5.74) is 0.114. The molecule has 0 spiro atoms. The van der Waals surface area contributed by atoms with Crippen molar-refractivity contribution >= 4 is 28.2 Å². The van der Waals surface area contributed by atoms with Crippen LogP contribution in [-0.4, -0.2) is 30.4 Å². The van der Waals surface area contributed by atoms with Gasteiger partial charge >= 0.3 is 5.97 Å². The van der Waals surface area contributed by atoms with Crippen molar-refractivity contribution in [1.29, 1.82) is 0 Å².